The number of nitrogens with two attached hydrogens (primary N) is 1. The largest absolute Gasteiger partial charge is 0.369 e. The van der Waals surface area contributed by atoms with Crippen LogP contribution in [0.3, 0.4) is 0 Å². The number of fused-ring (bicyclic) bond motifs is 1. The summed E-state index contributed by atoms with van der Waals surface area (Å²) in [7, 11) is -4.25. The minimum absolute atomic E-state index is 0.186. The fourth-order valence-corrected chi connectivity index (χ4v) is 2.22. The van der Waals surface area contributed by atoms with Gasteiger partial charge >= 0.3 is 10.1 Å². The van der Waals surface area contributed by atoms with Gasteiger partial charge in [0.2, 0.25) is 5.70 Å². The van der Waals surface area contributed by atoms with E-state index in [9.17, 15) is 8.42 Å². The second kappa shape index (κ2) is 3.17. The van der Waals surface area contributed by atoms with Crippen molar-refractivity contribution in [2.24, 2.45) is 5.73 Å². The van der Waals surface area contributed by atoms with Crippen molar-refractivity contribution in [3.8, 4) is 0 Å². The Hall–Kier alpha value is -1.68. The van der Waals surface area contributed by atoms with Crippen molar-refractivity contribution in [3.05, 3.63) is 41.5 Å². The van der Waals surface area contributed by atoms with Crippen LogP contribution in [0.15, 0.2) is 29.2 Å². The van der Waals surface area contributed by atoms with Crippen molar-refractivity contribution in [3.63, 3.8) is 0 Å². The fourth-order valence-electron chi connectivity index (χ4n) is 1.48. The molecule has 4 nitrogen and oxygen atoms in total. The molecule has 0 radical (unpaired) electrons. The van der Waals surface area contributed by atoms with Crippen molar-refractivity contribution in [2.45, 2.75) is 4.90 Å². The van der Waals surface area contributed by atoms with Gasteiger partial charge < -0.3 is 5.73 Å². The molecule has 0 bridgehead atoms. The highest BCUT2D eigenvalue weighted by atomic mass is 32.2. The molecule has 15 heavy (non-hydrogen) atoms. The van der Waals surface area contributed by atoms with Crippen LogP contribution in [-0.4, -0.2) is 13.0 Å². The average molecular weight is 222 g/mol. The molecule has 1 aromatic carbocycles. The van der Waals surface area contributed by atoms with Crippen molar-refractivity contribution in [1.29, 1.82) is 0 Å². The minimum atomic E-state index is -4.25. The summed E-state index contributed by atoms with van der Waals surface area (Å²) in [6.07, 6.45) is 5.97. The first-order valence-corrected chi connectivity index (χ1v) is 5.60. The molecule has 0 unspecified atom stereocenters. The number of rotatable bonds is 1. The third kappa shape index (κ3) is 1.64. The zero-order valence-electron chi connectivity index (χ0n) is 7.64. The molecule has 0 fully saturated rings. The second-order valence-corrected chi connectivity index (χ2v) is 4.48. The normalized spacial score (nSPS) is 14.1. The van der Waals surface area contributed by atoms with Gasteiger partial charge in [-0.3, -0.25) is 4.55 Å². The summed E-state index contributed by atoms with van der Waals surface area (Å²) in [4.78, 5) is -0.186. The lowest BCUT2D eigenvalue weighted by Crippen LogP contribution is -2.09. The summed E-state index contributed by atoms with van der Waals surface area (Å²) >= 11 is 0. The maximum Gasteiger partial charge on any atom is 0.307 e. The first kappa shape index (κ1) is 9.86. The van der Waals surface area contributed by atoms with Crippen LogP contribution < -0.4 is 5.73 Å². The summed E-state index contributed by atoms with van der Waals surface area (Å²) in [6.45, 7) is 0. The molecule has 76 valence electrons. The zero-order chi connectivity index (χ0) is 11.1. The Morgan fingerprint density at radius 3 is 2.73 bits per heavy atom. The topological polar surface area (TPSA) is 80.4 Å². The van der Waals surface area contributed by atoms with Crippen LogP contribution in [0.1, 0.15) is 11.1 Å². The number of benzene rings is 1. The summed E-state index contributed by atoms with van der Waals surface area (Å²) in [5.74, 6) is 0. The van der Waals surface area contributed by atoms with Gasteiger partial charge in [0.05, 0.1) is 17.7 Å². The molecule has 1 aliphatic rings. The van der Waals surface area contributed by atoms with Crippen LogP contribution in [-0.2, 0) is 10.1 Å². The summed E-state index contributed by atoms with van der Waals surface area (Å²) in [5.41, 5.74) is 6.79. The van der Waals surface area contributed by atoms with Gasteiger partial charge in [-0.2, -0.15) is 8.42 Å². The van der Waals surface area contributed by atoms with Crippen LogP contribution in [0.5, 0.6) is 0 Å². The van der Waals surface area contributed by atoms with E-state index in [4.69, 9.17) is 10.3 Å². The van der Waals surface area contributed by atoms with Crippen LogP contribution in [0, 0.1) is 6.08 Å². The Kier molecular flexibility index (Phi) is 2.08. The van der Waals surface area contributed by atoms with Gasteiger partial charge in [0.1, 0.15) is 11.6 Å². The molecule has 0 aromatic heterocycles. The van der Waals surface area contributed by atoms with E-state index in [0.717, 1.165) is 0 Å². The van der Waals surface area contributed by atoms with Gasteiger partial charge in [0.15, 0.2) is 4.90 Å². The molecule has 3 N–H and O–H groups in total. The molecule has 0 amide bonds. The average Bonchev–Trinajstić information content (AvgIpc) is 2.16. The molecule has 1 aliphatic carbocycles. The molecular weight excluding hydrogens is 214 g/mol. The van der Waals surface area contributed by atoms with Gasteiger partial charge in [-0.05, 0) is 12.1 Å². The van der Waals surface area contributed by atoms with E-state index in [-0.39, 0.29) is 10.6 Å². The van der Waals surface area contributed by atoms with Crippen molar-refractivity contribution in [2.75, 3.05) is 0 Å². The number of hydrogen-bond donors (Lipinski definition) is 2. The van der Waals surface area contributed by atoms with E-state index < -0.39 is 10.1 Å². The van der Waals surface area contributed by atoms with Crippen molar-refractivity contribution >= 4 is 21.9 Å². The Morgan fingerprint density at radius 1 is 1.33 bits per heavy atom. The van der Waals surface area contributed by atoms with Crippen molar-refractivity contribution < 1.29 is 13.0 Å². The molecule has 0 aliphatic heterocycles. The SMILES string of the molecule is NC1=[C+]C=Cc2cccc(S(=O)(=O)O)c21. The van der Waals surface area contributed by atoms with Crippen LogP contribution in [0.4, 0.5) is 0 Å². The third-order valence-corrected chi connectivity index (χ3v) is 3.00. The fraction of sp³-hybridized carbons (Fsp3) is 0. The highest BCUT2D eigenvalue weighted by Crippen LogP contribution is 2.27. The maximum atomic E-state index is 11.1. The number of allylic oxidation sites excluding steroid dienone is 2. The van der Waals surface area contributed by atoms with Crippen LogP contribution in [0.2, 0.25) is 0 Å². The van der Waals surface area contributed by atoms with E-state index in [0.29, 0.717) is 11.1 Å². The zero-order valence-corrected chi connectivity index (χ0v) is 8.45. The lowest BCUT2D eigenvalue weighted by Gasteiger charge is -2.04. The van der Waals surface area contributed by atoms with Crippen LogP contribution >= 0.6 is 0 Å². The predicted molar refractivity (Wildman–Crippen MR) is 56.1 cm³/mol. The molecule has 0 heterocycles. The van der Waals surface area contributed by atoms with E-state index >= 15 is 0 Å². The minimum Gasteiger partial charge on any atom is -0.369 e. The van der Waals surface area contributed by atoms with E-state index in [2.05, 4.69) is 6.08 Å². The standard InChI is InChI=1S/C10H7NO3S/c11-8-5-1-3-7-4-2-6-9(10(7)8)15(12,13)14/h1-4,6H,11H2/p+1. The smallest absolute Gasteiger partial charge is 0.307 e. The van der Waals surface area contributed by atoms with Crippen LogP contribution in [0.25, 0.3) is 11.8 Å². The highest BCUT2D eigenvalue weighted by Gasteiger charge is 2.27. The third-order valence-electron chi connectivity index (χ3n) is 2.11. The summed E-state index contributed by atoms with van der Waals surface area (Å²) in [6, 6.07) is 4.57. The van der Waals surface area contributed by atoms with E-state index in [1.165, 1.54) is 6.07 Å². The van der Waals surface area contributed by atoms with Gasteiger partial charge in [0.25, 0.3) is 0 Å². The first-order valence-electron chi connectivity index (χ1n) is 4.16. The van der Waals surface area contributed by atoms with Gasteiger partial charge in [-0.1, -0.05) is 6.07 Å². The molecule has 1 aromatic rings. The first-order chi connectivity index (χ1) is 7.00. The maximum absolute atomic E-state index is 11.1. The van der Waals surface area contributed by atoms with Gasteiger partial charge in [0, 0.05) is 0 Å². The molecule has 0 spiro atoms. The summed E-state index contributed by atoms with van der Waals surface area (Å²) < 4.78 is 31.2. The Labute approximate surface area is 87.5 Å². The molecule has 0 saturated carbocycles. The Bertz CT molecular complexity index is 570. The van der Waals surface area contributed by atoms with E-state index in [1.807, 2.05) is 0 Å². The lowest BCUT2D eigenvalue weighted by molar-refractivity contribution is 0.483. The Morgan fingerprint density at radius 2 is 2.07 bits per heavy atom. The molecular formula is C10H8NO3S+. The van der Waals surface area contributed by atoms with Crippen molar-refractivity contribution in [1.82, 2.24) is 0 Å². The van der Waals surface area contributed by atoms with E-state index in [1.54, 1.807) is 24.3 Å². The highest BCUT2D eigenvalue weighted by molar-refractivity contribution is 7.86. The summed E-state index contributed by atoms with van der Waals surface area (Å²) in [5, 5.41) is 0. The van der Waals surface area contributed by atoms with Gasteiger partial charge in [-0.15, -0.1) is 0 Å². The quantitative estimate of drug-likeness (QED) is 0.550. The van der Waals surface area contributed by atoms with Gasteiger partial charge in [-0.25, -0.2) is 0 Å². The number of hydrogen-bond acceptors (Lipinski definition) is 3. The predicted octanol–water partition coefficient (Wildman–Crippen LogP) is 1.06. The second-order valence-electron chi connectivity index (χ2n) is 3.09. The molecule has 0 atom stereocenters. The molecule has 2 rings (SSSR count). The molecule has 0 saturated heterocycles. The molecule has 5 heteroatoms. The lowest BCUT2D eigenvalue weighted by atomic mass is 10.0. The Balaban J connectivity index is 2.82. The monoisotopic (exact) mass is 222 g/mol.